The Bertz CT molecular complexity index is 613. The Morgan fingerprint density at radius 3 is 2.62 bits per heavy atom. The van der Waals surface area contributed by atoms with Crippen molar-refractivity contribution < 1.29 is 5.11 Å². The van der Waals surface area contributed by atoms with Crippen LogP contribution in [0.5, 0.6) is 0 Å². The highest BCUT2D eigenvalue weighted by molar-refractivity contribution is 5.69. The molecule has 0 radical (unpaired) electrons. The number of hydrogen-bond acceptors (Lipinski definition) is 3. The largest absolute Gasteiger partial charge is 0.396 e. The quantitative estimate of drug-likeness (QED) is 0.793. The average molecular weight is 329 g/mol. The normalized spacial score (nSPS) is 16.3. The van der Waals surface area contributed by atoms with Crippen molar-refractivity contribution in [1.29, 1.82) is 0 Å². The first-order valence-electron chi connectivity index (χ1n) is 8.78. The van der Waals surface area contributed by atoms with E-state index in [9.17, 15) is 5.11 Å². The van der Waals surface area contributed by atoms with Crippen molar-refractivity contribution in [3.8, 4) is 0 Å². The Hall–Kier alpha value is -1.74. The second-order valence-electron chi connectivity index (χ2n) is 8.13. The van der Waals surface area contributed by atoms with Crippen molar-refractivity contribution in [3.05, 3.63) is 53.7 Å². The van der Waals surface area contributed by atoms with Gasteiger partial charge in [0.15, 0.2) is 0 Å². The first kappa shape index (κ1) is 18.6. The molecule has 0 spiro atoms. The highest BCUT2D eigenvalue weighted by atomic mass is 16.3. The topological polar surface area (TPSA) is 26.7 Å². The van der Waals surface area contributed by atoms with E-state index in [0.29, 0.717) is 0 Å². The first-order chi connectivity index (χ1) is 11.2. The van der Waals surface area contributed by atoms with Gasteiger partial charge in [-0.3, -0.25) is 0 Å². The Labute approximate surface area is 147 Å². The second kappa shape index (κ2) is 7.43. The fraction of sp³-hybridized carbons (Fsp3) is 0.524. The maximum absolute atomic E-state index is 9.49. The summed E-state index contributed by atoms with van der Waals surface area (Å²) in [5.41, 5.74) is 5.24. The van der Waals surface area contributed by atoms with Crippen LogP contribution >= 0.6 is 0 Å². The van der Waals surface area contributed by atoms with Crippen LogP contribution < -0.4 is 0 Å². The van der Waals surface area contributed by atoms with Crippen molar-refractivity contribution in [2.45, 2.75) is 40.5 Å². The van der Waals surface area contributed by atoms with Crippen LogP contribution in [0.1, 0.15) is 50.3 Å². The molecule has 1 atom stereocenters. The van der Waals surface area contributed by atoms with Crippen molar-refractivity contribution in [2.75, 3.05) is 26.4 Å². The zero-order chi connectivity index (χ0) is 17.9. The molecule has 0 aliphatic carbocycles. The highest BCUT2D eigenvalue weighted by Crippen LogP contribution is 2.33. The summed E-state index contributed by atoms with van der Waals surface area (Å²) in [6, 6.07) is 6.54. The van der Waals surface area contributed by atoms with E-state index in [1.54, 1.807) is 0 Å². The Morgan fingerprint density at radius 2 is 2.04 bits per heavy atom. The number of aliphatic hydroxyl groups is 1. The summed E-state index contributed by atoms with van der Waals surface area (Å²) in [7, 11) is 0. The van der Waals surface area contributed by atoms with Gasteiger partial charge < -0.3 is 14.9 Å². The van der Waals surface area contributed by atoms with Crippen molar-refractivity contribution in [2.24, 2.45) is 5.41 Å². The van der Waals surface area contributed by atoms with E-state index in [-0.39, 0.29) is 17.9 Å². The van der Waals surface area contributed by atoms with E-state index in [2.05, 4.69) is 75.4 Å². The summed E-state index contributed by atoms with van der Waals surface area (Å²) in [4.78, 5) is 4.76. The van der Waals surface area contributed by atoms with Gasteiger partial charge in [-0.05, 0) is 29.5 Å². The molecular formula is C21H32N2O. The second-order valence-corrected chi connectivity index (χ2v) is 8.13. The molecule has 3 nitrogen and oxygen atoms in total. The minimum atomic E-state index is 0.159. The van der Waals surface area contributed by atoms with Crippen LogP contribution in [0.3, 0.4) is 0 Å². The molecule has 0 aromatic heterocycles. The van der Waals surface area contributed by atoms with E-state index in [1.807, 2.05) is 6.08 Å². The lowest BCUT2D eigenvalue weighted by Crippen LogP contribution is -2.33. The molecule has 0 saturated heterocycles. The Kier molecular flexibility index (Phi) is 5.76. The number of aliphatic hydroxyl groups excluding tert-OH is 1. The third-order valence-corrected chi connectivity index (χ3v) is 4.41. The molecular weight excluding hydrogens is 296 g/mol. The summed E-state index contributed by atoms with van der Waals surface area (Å²) < 4.78 is 0. The van der Waals surface area contributed by atoms with Crippen molar-refractivity contribution >= 4 is 5.70 Å². The smallest absolute Gasteiger partial charge is 0.0902 e. The van der Waals surface area contributed by atoms with E-state index in [4.69, 9.17) is 0 Å². The number of hydrogen-bond donors (Lipinski definition) is 1. The molecule has 0 bridgehead atoms. The lowest BCUT2D eigenvalue weighted by molar-refractivity contribution is 0.220. The van der Waals surface area contributed by atoms with Gasteiger partial charge in [-0.1, -0.05) is 45.9 Å². The zero-order valence-corrected chi connectivity index (χ0v) is 15.8. The predicted molar refractivity (Wildman–Crippen MR) is 103 cm³/mol. The predicted octanol–water partition coefficient (Wildman–Crippen LogP) is 4.20. The van der Waals surface area contributed by atoms with Crippen molar-refractivity contribution in [1.82, 2.24) is 9.80 Å². The lowest BCUT2D eigenvalue weighted by Gasteiger charge is -2.31. The Morgan fingerprint density at radius 1 is 1.33 bits per heavy atom. The molecule has 1 N–H and O–H groups in total. The van der Waals surface area contributed by atoms with E-state index < -0.39 is 0 Å². The van der Waals surface area contributed by atoms with E-state index in [0.717, 1.165) is 19.8 Å². The molecule has 0 saturated carbocycles. The van der Waals surface area contributed by atoms with Gasteiger partial charge in [-0.2, -0.15) is 0 Å². The maximum Gasteiger partial charge on any atom is 0.0902 e. The summed E-state index contributed by atoms with van der Waals surface area (Å²) in [6.07, 6.45) is 4.20. The molecule has 1 aromatic rings. The molecule has 1 unspecified atom stereocenters. The minimum absolute atomic E-state index is 0.159. The maximum atomic E-state index is 9.49. The molecule has 1 heterocycles. The summed E-state index contributed by atoms with van der Waals surface area (Å²) in [5, 5.41) is 9.49. The van der Waals surface area contributed by atoms with Crippen LogP contribution in [0.15, 0.2) is 37.1 Å². The summed E-state index contributed by atoms with van der Waals surface area (Å²) >= 11 is 0. The molecule has 3 heteroatoms. The molecule has 1 aliphatic rings. The molecule has 1 aliphatic heterocycles. The number of nitrogens with zero attached hydrogens (tertiary/aromatic N) is 2. The van der Waals surface area contributed by atoms with Gasteiger partial charge >= 0.3 is 0 Å². The average Bonchev–Trinajstić information content (AvgIpc) is 2.87. The molecule has 0 fully saturated rings. The number of benzene rings is 1. The van der Waals surface area contributed by atoms with Gasteiger partial charge in [0, 0.05) is 37.4 Å². The highest BCUT2D eigenvalue weighted by Gasteiger charge is 2.26. The monoisotopic (exact) mass is 328 g/mol. The third kappa shape index (κ3) is 4.41. The van der Waals surface area contributed by atoms with Gasteiger partial charge in [0.25, 0.3) is 0 Å². The molecule has 1 aromatic carbocycles. The molecule has 2 rings (SSSR count). The van der Waals surface area contributed by atoms with Crippen LogP contribution in [0.4, 0.5) is 0 Å². The minimum Gasteiger partial charge on any atom is -0.396 e. The first-order valence-corrected chi connectivity index (χ1v) is 8.78. The van der Waals surface area contributed by atoms with E-state index in [1.165, 1.54) is 22.4 Å². The fourth-order valence-electron chi connectivity index (χ4n) is 3.14. The molecule has 132 valence electrons. The van der Waals surface area contributed by atoms with Crippen molar-refractivity contribution in [3.63, 3.8) is 0 Å². The molecule has 0 amide bonds. The third-order valence-electron chi connectivity index (χ3n) is 4.41. The van der Waals surface area contributed by atoms with Gasteiger partial charge in [0.1, 0.15) is 0 Å². The van der Waals surface area contributed by atoms with Crippen LogP contribution in [0, 0.1) is 12.3 Å². The van der Waals surface area contributed by atoms with Gasteiger partial charge in [-0.15, -0.1) is 6.58 Å². The van der Waals surface area contributed by atoms with Crippen LogP contribution in [-0.4, -0.2) is 41.3 Å². The number of aryl methyl sites for hydroxylation is 1. The lowest BCUT2D eigenvalue weighted by atomic mass is 9.93. The van der Waals surface area contributed by atoms with E-state index >= 15 is 0 Å². The zero-order valence-electron chi connectivity index (χ0n) is 15.8. The Balaban J connectivity index is 2.41. The van der Waals surface area contributed by atoms with Gasteiger partial charge in [-0.25, -0.2) is 0 Å². The fourth-order valence-corrected chi connectivity index (χ4v) is 3.14. The van der Waals surface area contributed by atoms with Gasteiger partial charge in [0.2, 0.25) is 0 Å². The summed E-state index contributed by atoms with van der Waals surface area (Å²) in [5.74, 6) is 0.159. The summed E-state index contributed by atoms with van der Waals surface area (Å²) in [6.45, 7) is 17.9. The number of rotatable bonds is 6. The van der Waals surface area contributed by atoms with Gasteiger partial charge in [0.05, 0.1) is 12.4 Å². The SMILES string of the molecule is C=CCN1C=C(c2cc(C(C)CO)ccc2C)N(CC(C)(C)C)C1. The standard InChI is InChI=1S/C21H32N2O/c1-7-10-22-12-20(23(15-22)14-21(4,5)6)19-11-18(17(3)13-24)9-8-16(19)2/h7-9,11-12,17,24H,1,10,13-15H2,2-6H3. The molecule has 24 heavy (non-hydrogen) atoms. The van der Waals surface area contributed by atoms with Crippen LogP contribution in [-0.2, 0) is 0 Å². The van der Waals surface area contributed by atoms with Crippen LogP contribution in [0.25, 0.3) is 5.70 Å². The van der Waals surface area contributed by atoms with Crippen LogP contribution in [0.2, 0.25) is 0 Å².